The van der Waals surface area contributed by atoms with Crippen molar-refractivity contribution in [3.63, 3.8) is 0 Å². The molecule has 0 spiro atoms. The highest BCUT2D eigenvalue weighted by Gasteiger charge is 2.49. The van der Waals surface area contributed by atoms with Crippen LogP contribution in [0.4, 0.5) is 8.78 Å². The molecule has 0 bridgehead atoms. The number of rotatable bonds is 5. The topological polar surface area (TPSA) is 34.1 Å². The smallest absolute Gasteiger partial charge is 0.224 e. The Bertz CT molecular complexity index is 822. The molecule has 0 aliphatic carbocycles. The van der Waals surface area contributed by atoms with E-state index in [2.05, 4.69) is 25.7 Å². The minimum Gasteiger partial charge on any atom is -0.476 e. The van der Waals surface area contributed by atoms with E-state index in [4.69, 9.17) is 9.47 Å². The summed E-state index contributed by atoms with van der Waals surface area (Å²) in [6, 6.07) is 2.85. The molecule has 2 heterocycles. The van der Waals surface area contributed by atoms with Crippen LogP contribution >= 0.6 is 9.24 Å². The molecule has 4 nitrogen and oxygen atoms in total. The predicted octanol–water partition coefficient (Wildman–Crippen LogP) is 4.26. The highest BCUT2D eigenvalue weighted by molar-refractivity contribution is 7.27. The van der Waals surface area contributed by atoms with E-state index in [9.17, 15) is 8.78 Å². The zero-order chi connectivity index (χ0) is 21.4. The summed E-state index contributed by atoms with van der Waals surface area (Å²) in [5.74, 6) is 0.0771. The largest absolute Gasteiger partial charge is 0.476 e. The summed E-state index contributed by atoms with van der Waals surface area (Å²) in [4.78, 5) is 6.63. The average Bonchev–Trinajstić information content (AvgIpc) is 3.10. The Hall–Kier alpha value is -1.52. The van der Waals surface area contributed by atoms with Crippen LogP contribution in [-0.2, 0) is 9.47 Å². The summed E-state index contributed by atoms with van der Waals surface area (Å²) in [7, 11) is 2.53. The maximum Gasteiger partial charge on any atom is 0.224 e. The lowest BCUT2D eigenvalue weighted by Crippen LogP contribution is -2.42. The minimum atomic E-state index is -0.814. The lowest BCUT2D eigenvalue weighted by atomic mass is 9.95. The first-order valence-corrected chi connectivity index (χ1v) is 10.6. The molecule has 160 valence electrons. The summed E-state index contributed by atoms with van der Waals surface area (Å²) >= 11 is 0. The van der Waals surface area contributed by atoms with Crippen LogP contribution in [0, 0.1) is 12.7 Å². The molecule has 2 aliphatic rings. The van der Waals surface area contributed by atoms with Gasteiger partial charge in [-0.25, -0.2) is 8.78 Å². The van der Waals surface area contributed by atoms with Gasteiger partial charge in [0.15, 0.2) is 0 Å². The number of ether oxygens (including phenoxy) is 2. The molecule has 0 N–H and O–H groups in total. The van der Waals surface area contributed by atoms with Gasteiger partial charge in [0.05, 0.1) is 5.54 Å². The quantitative estimate of drug-likeness (QED) is 0.307. The van der Waals surface area contributed by atoms with Crippen molar-refractivity contribution in [2.24, 2.45) is 4.99 Å². The second-order valence-corrected chi connectivity index (χ2v) is 9.68. The molecule has 0 amide bonds. The van der Waals surface area contributed by atoms with E-state index < -0.39 is 11.8 Å². The SMILES string of the molecule is C=C(/N=C(/OC(C)(C)C)c1cc(F)cc(P)c1C)OC[C@@]12CCCN1CC(F)C2. The van der Waals surface area contributed by atoms with Gasteiger partial charge in [0, 0.05) is 18.5 Å². The van der Waals surface area contributed by atoms with Gasteiger partial charge in [-0.15, -0.1) is 9.24 Å². The van der Waals surface area contributed by atoms with Gasteiger partial charge < -0.3 is 9.47 Å². The molecule has 1 aromatic rings. The third kappa shape index (κ3) is 5.16. The van der Waals surface area contributed by atoms with E-state index >= 15 is 0 Å². The fourth-order valence-electron chi connectivity index (χ4n) is 4.16. The minimum absolute atomic E-state index is 0.182. The first kappa shape index (κ1) is 22.2. The number of hydrogen-bond donors (Lipinski definition) is 0. The second kappa shape index (κ2) is 8.31. The van der Waals surface area contributed by atoms with E-state index in [1.807, 2.05) is 27.7 Å². The lowest BCUT2D eigenvalue weighted by Gasteiger charge is -2.31. The highest BCUT2D eigenvalue weighted by atomic mass is 31.0. The maximum atomic E-state index is 14.1. The Kier molecular flexibility index (Phi) is 6.35. The Morgan fingerprint density at radius 2 is 2.14 bits per heavy atom. The summed E-state index contributed by atoms with van der Waals surface area (Å²) in [6.45, 7) is 13.2. The molecule has 3 atom stereocenters. The van der Waals surface area contributed by atoms with E-state index in [0.29, 0.717) is 25.1 Å². The van der Waals surface area contributed by atoms with Gasteiger partial charge in [0.2, 0.25) is 11.8 Å². The summed E-state index contributed by atoms with van der Waals surface area (Å²) in [5, 5.41) is 0.733. The van der Waals surface area contributed by atoms with Crippen molar-refractivity contribution in [2.75, 3.05) is 19.7 Å². The predicted molar refractivity (Wildman–Crippen MR) is 116 cm³/mol. The van der Waals surface area contributed by atoms with Gasteiger partial charge in [-0.3, -0.25) is 4.90 Å². The molecule has 0 saturated carbocycles. The van der Waals surface area contributed by atoms with Crippen LogP contribution in [0.25, 0.3) is 0 Å². The fourth-order valence-corrected chi connectivity index (χ4v) is 4.48. The van der Waals surface area contributed by atoms with Gasteiger partial charge in [-0.05, 0) is 76.7 Å². The molecular formula is C22H31F2N2O2P. The molecule has 7 heteroatoms. The van der Waals surface area contributed by atoms with Crippen LogP contribution < -0.4 is 5.30 Å². The second-order valence-electron chi connectivity index (χ2n) is 9.06. The molecule has 2 saturated heterocycles. The monoisotopic (exact) mass is 424 g/mol. The zero-order valence-corrected chi connectivity index (χ0v) is 18.9. The summed E-state index contributed by atoms with van der Waals surface area (Å²) in [6.07, 6.45) is 1.62. The highest BCUT2D eigenvalue weighted by Crippen LogP contribution is 2.40. The van der Waals surface area contributed by atoms with Crippen LogP contribution in [0.3, 0.4) is 0 Å². The van der Waals surface area contributed by atoms with E-state index in [1.54, 1.807) is 0 Å². The van der Waals surface area contributed by atoms with Crippen LogP contribution in [0.15, 0.2) is 29.6 Å². The number of fused-ring (bicyclic) bond motifs is 1. The van der Waals surface area contributed by atoms with E-state index in [1.165, 1.54) is 12.1 Å². The molecule has 0 radical (unpaired) electrons. The zero-order valence-electron chi connectivity index (χ0n) is 17.7. The van der Waals surface area contributed by atoms with Crippen molar-refractivity contribution in [3.05, 3.63) is 41.5 Å². The molecular weight excluding hydrogens is 393 g/mol. The summed E-state index contributed by atoms with van der Waals surface area (Å²) in [5.41, 5.74) is 0.598. The maximum absolute atomic E-state index is 14.1. The number of benzene rings is 1. The fraction of sp³-hybridized carbons (Fsp3) is 0.591. The molecule has 29 heavy (non-hydrogen) atoms. The van der Waals surface area contributed by atoms with Crippen molar-refractivity contribution in [1.29, 1.82) is 0 Å². The first-order chi connectivity index (χ1) is 13.5. The molecule has 2 aliphatic heterocycles. The number of alkyl halides is 1. The van der Waals surface area contributed by atoms with Crippen LogP contribution in [0.5, 0.6) is 0 Å². The molecule has 0 aromatic heterocycles. The van der Waals surface area contributed by atoms with Crippen LogP contribution in [-0.4, -0.2) is 47.8 Å². The van der Waals surface area contributed by atoms with Crippen molar-refractivity contribution >= 4 is 20.4 Å². The van der Waals surface area contributed by atoms with Crippen molar-refractivity contribution in [2.45, 2.75) is 64.3 Å². The number of halogens is 2. The average molecular weight is 424 g/mol. The van der Waals surface area contributed by atoms with Crippen LogP contribution in [0.2, 0.25) is 0 Å². The summed E-state index contributed by atoms with van der Waals surface area (Å²) < 4.78 is 39.9. The first-order valence-electron chi connectivity index (χ1n) is 10.0. The van der Waals surface area contributed by atoms with Gasteiger partial charge >= 0.3 is 0 Å². The number of hydrogen-bond acceptors (Lipinski definition) is 4. The third-order valence-corrected chi connectivity index (χ3v) is 6.14. The molecule has 2 unspecified atom stereocenters. The van der Waals surface area contributed by atoms with E-state index in [-0.39, 0.29) is 23.1 Å². The van der Waals surface area contributed by atoms with Gasteiger partial charge in [-0.2, -0.15) is 4.99 Å². The van der Waals surface area contributed by atoms with Crippen molar-refractivity contribution in [3.8, 4) is 0 Å². The number of aliphatic imine (C=N–C) groups is 1. The third-order valence-electron chi connectivity index (χ3n) is 5.54. The number of nitrogens with zero attached hydrogens (tertiary/aromatic N) is 2. The Morgan fingerprint density at radius 3 is 2.83 bits per heavy atom. The standard InChI is InChI=1S/C22H31F2N2O2P/c1-14-18(9-16(23)10-19(14)29)20(28-21(3,4)5)25-15(2)27-13-22-7-6-8-26(22)12-17(24)11-22/h9-10,17H,2,6-8,11-13,29H2,1,3-5H3/b25-20+/t17?,22-/m0/s1. The molecule has 3 rings (SSSR count). The van der Waals surface area contributed by atoms with Crippen molar-refractivity contribution < 1.29 is 18.3 Å². The van der Waals surface area contributed by atoms with Gasteiger partial charge in [-0.1, -0.05) is 0 Å². The normalized spacial score (nSPS) is 25.2. The van der Waals surface area contributed by atoms with Crippen molar-refractivity contribution in [1.82, 2.24) is 4.90 Å². The Labute approximate surface area is 174 Å². The molecule has 1 aromatic carbocycles. The lowest BCUT2D eigenvalue weighted by molar-refractivity contribution is 0.0705. The van der Waals surface area contributed by atoms with Gasteiger partial charge in [0.25, 0.3) is 0 Å². The Balaban J connectivity index is 1.82. The van der Waals surface area contributed by atoms with E-state index in [0.717, 1.165) is 30.3 Å². The van der Waals surface area contributed by atoms with Crippen LogP contribution in [0.1, 0.15) is 51.2 Å². The Morgan fingerprint density at radius 1 is 1.41 bits per heavy atom. The molecule has 2 fully saturated rings. The van der Waals surface area contributed by atoms with Gasteiger partial charge in [0.1, 0.15) is 24.2 Å².